The number of halogens is 3. The number of alkyl halides is 3. The van der Waals surface area contributed by atoms with Gasteiger partial charge in [-0.3, -0.25) is 0 Å². The largest absolute Gasteiger partial charge is 0.411 e. The number of nitrogens with two attached hydrogens (primary N) is 1. The van der Waals surface area contributed by atoms with Gasteiger partial charge >= 0.3 is 6.18 Å². The van der Waals surface area contributed by atoms with Gasteiger partial charge in [-0.05, 0) is 12.8 Å². The summed E-state index contributed by atoms with van der Waals surface area (Å²) in [6.07, 6.45) is -0.571. The van der Waals surface area contributed by atoms with E-state index in [0.29, 0.717) is 13.0 Å². The van der Waals surface area contributed by atoms with Crippen LogP contribution in [0.25, 0.3) is 0 Å². The minimum Gasteiger partial charge on any atom is -0.372 e. The monoisotopic (exact) mass is 294 g/mol. The molecule has 0 bridgehead atoms. The number of rotatable bonds is 6. The molecule has 3 nitrogen and oxygen atoms in total. The Balaban J connectivity index is 1.81. The Hall–Kier alpha value is -0.660. The van der Waals surface area contributed by atoms with Gasteiger partial charge in [0.25, 0.3) is 0 Å². The Kier molecular flexibility index (Phi) is 4.47. The molecule has 7 heteroatoms. The fraction of sp³-hybridized carbons (Fsp3) is 0.750. The van der Waals surface area contributed by atoms with Crippen LogP contribution in [0.3, 0.4) is 0 Å². The van der Waals surface area contributed by atoms with Crippen LogP contribution in [-0.4, -0.2) is 30.9 Å². The predicted molar refractivity (Wildman–Crippen MR) is 67.3 cm³/mol. The van der Waals surface area contributed by atoms with Crippen molar-refractivity contribution in [1.82, 2.24) is 4.98 Å². The third kappa shape index (κ3) is 3.67. The fourth-order valence-electron chi connectivity index (χ4n) is 2.19. The molecule has 0 aliphatic heterocycles. The first kappa shape index (κ1) is 14.7. The summed E-state index contributed by atoms with van der Waals surface area (Å²) in [5, 5.41) is 2.79. The SMILES string of the molecule is NCC1(c2csc(CCOCC(F)(F)F)n2)CCC1. The maximum atomic E-state index is 11.9. The van der Waals surface area contributed by atoms with Crippen LogP contribution in [-0.2, 0) is 16.6 Å². The van der Waals surface area contributed by atoms with Crippen LogP contribution < -0.4 is 5.73 Å². The van der Waals surface area contributed by atoms with Crippen molar-refractivity contribution >= 4 is 11.3 Å². The maximum Gasteiger partial charge on any atom is 0.411 e. The van der Waals surface area contributed by atoms with Crippen LogP contribution in [0.5, 0.6) is 0 Å². The van der Waals surface area contributed by atoms with E-state index in [1.54, 1.807) is 0 Å². The summed E-state index contributed by atoms with van der Waals surface area (Å²) in [6.45, 7) is -0.569. The van der Waals surface area contributed by atoms with E-state index in [2.05, 4.69) is 9.72 Å². The van der Waals surface area contributed by atoms with Gasteiger partial charge in [-0.15, -0.1) is 11.3 Å². The minimum absolute atomic E-state index is 0.0155. The highest BCUT2D eigenvalue weighted by Crippen LogP contribution is 2.42. The summed E-state index contributed by atoms with van der Waals surface area (Å²) in [6, 6.07) is 0. The van der Waals surface area contributed by atoms with Crippen LogP contribution >= 0.6 is 11.3 Å². The van der Waals surface area contributed by atoms with Crippen molar-refractivity contribution in [2.45, 2.75) is 37.3 Å². The molecule has 1 aliphatic carbocycles. The zero-order chi connectivity index (χ0) is 13.9. The Labute approximate surface area is 114 Å². The standard InChI is InChI=1S/C12H17F3N2OS/c13-12(14,15)8-18-5-2-10-17-9(6-19-10)11(7-16)3-1-4-11/h6H,1-5,7-8,16H2. The van der Waals surface area contributed by atoms with Crippen molar-refractivity contribution in [3.8, 4) is 0 Å². The van der Waals surface area contributed by atoms with Crippen molar-refractivity contribution < 1.29 is 17.9 Å². The predicted octanol–water partition coefficient (Wildman–Crippen LogP) is 2.64. The molecule has 1 heterocycles. The number of hydrogen-bond acceptors (Lipinski definition) is 4. The van der Waals surface area contributed by atoms with Gasteiger partial charge in [-0.2, -0.15) is 13.2 Å². The summed E-state index contributed by atoms with van der Waals surface area (Å²) in [5.41, 5.74) is 6.81. The minimum atomic E-state index is -4.26. The van der Waals surface area contributed by atoms with E-state index in [0.717, 1.165) is 23.5 Å². The van der Waals surface area contributed by atoms with Crippen LogP contribution in [0.2, 0.25) is 0 Å². The number of thiazole rings is 1. The van der Waals surface area contributed by atoms with Crippen molar-refractivity contribution in [1.29, 1.82) is 0 Å². The average molecular weight is 294 g/mol. The molecule has 1 aromatic heterocycles. The average Bonchev–Trinajstić information content (AvgIpc) is 2.72. The van der Waals surface area contributed by atoms with E-state index in [1.165, 1.54) is 17.8 Å². The molecular weight excluding hydrogens is 277 g/mol. The lowest BCUT2D eigenvalue weighted by Gasteiger charge is -2.39. The molecule has 1 saturated carbocycles. The molecule has 2 N–H and O–H groups in total. The third-order valence-electron chi connectivity index (χ3n) is 3.52. The Morgan fingerprint density at radius 2 is 2.16 bits per heavy atom. The molecule has 0 radical (unpaired) electrons. The molecule has 2 rings (SSSR count). The molecule has 1 aromatic rings. The molecular formula is C12H17F3N2OS. The first-order chi connectivity index (χ1) is 8.95. The van der Waals surface area contributed by atoms with Crippen LogP contribution in [0, 0.1) is 0 Å². The second-order valence-electron chi connectivity index (χ2n) is 4.88. The smallest absolute Gasteiger partial charge is 0.372 e. The van der Waals surface area contributed by atoms with E-state index in [4.69, 9.17) is 5.73 Å². The maximum absolute atomic E-state index is 11.9. The molecule has 108 valence electrons. The summed E-state index contributed by atoms with van der Waals surface area (Å²) in [7, 11) is 0. The second-order valence-corrected chi connectivity index (χ2v) is 5.82. The molecule has 1 aliphatic rings. The van der Waals surface area contributed by atoms with E-state index in [1.807, 2.05) is 5.38 Å². The summed E-state index contributed by atoms with van der Waals surface area (Å²) < 4.78 is 40.2. The highest BCUT2D eigenvalue weighted by molar-refractivity contribution is 7.09. The second kappa shape index (κ2) is 5.76. The first-order valence-corrected chi connectivity index (χ1v) is 7.13. The van der Waals surface area contributed by atoms with Gasteiger partial charge in [0.15, 0.2) is 0 Å². The first-order valence-electron chi connectivity index (χ1n) is 6.25. The zero-order valence-corrected chi connectivity index (χ0v) is 11.3. The number of ether oxygens (including phenoxy) is 1. The zero-order valence-electron chi connectivity index (χ0n) is 10.5. The molecule has 0 unspecified atom stereocenters. The lowest BCUT2D eigenvalue weighted by atomic mass is 9.67. The number of hydrogen-bond donors (Lipinski definition) is 1. The van der Waals surface area contributed by atoms with Crippen molar-refractivity contribution in [2.24, 2.45) is 5.73 Å². The van der Waals surface area contributed by atoms with Gasteiger partial charge in [0.2, 0.25) is 0 Å². The van der Waals surface area contributed by atoms with Crippen molar-refractivity contribution in [2.75, 3.05) is 19.8 Å². The third-order valence-corrected chi connectivity index (χ3v) is 4.43. The number of nitrogens with zero attached hydrogens (tertiary/aromatic N) is 1. The van der Waals surface area contributed by atoms with Crippen LogP contribution in [0.4, 0.5) is 13.2 Å². The fourth-order valence-corrected chi connectivity index (χ4v) is 3.09. The molecule has 0 amide bonds. The van der Waals surface area contributed by atoms with Gasteiger partial charge in [0.05, 0.1) is 17.3 Å². The van der Waals surface area contributed by atoms with Crippen molar-refractivity contribution in [3.63, 3.8) is 0 Å². The van der Waals surface area contributed by atoms with Crippen molar-refractivity contribution in [3.05, 3.63) is 16.1 Å². The topological polar surface area (TPSA) is 48.1 Å². The Morgan fingerprint density at radius 1 is 1.42 bits per heavy atom. The van der Waals surface area contributed by atoms with Gasteiger partial charge < -0.3 is 10.5 Å². The molecule has 19 heavy (non-hydrogen) atoms. The number of aromatic nitrogens is 1. The van der Waals surface area contributed by atoms with Gasteiger partial charge in [-0.25, -0.2) is 4.98 Å². The summed E-state index contributed by atoms with van der Waals surface area (Å²) in [4.78, 5) is 4.49. The highest BCUT2D eigenvalue weighted by atomic mass is 32.1. The van der Waals surface area contributed by atoms with E-state index in [9.17, 15) is 13.2 Å². The van der Waals surface area contributed by atoms with Gasteiger partial charge in [0, 0.05) is 23.8 Å². The Morgan fingerprint density at radius 3 is 2.68 bits per heavy atom. The van der Waals surface area contributed by atoms with Gasteiger partial charge in [-0.1, -0.05) is 6.42 Å². The molecule has 0 saturated heterocycles. The van der Waals surface area contributed by atoms with E-state index < -0.39 is 12.8 Å². The van der Waals surface area contributed by atoms with Gasteiger partial charge in [0.1, 0.15) is 6.61 Å². The van der Waals surface area contributed by atoms with E-state index >= 15 is 0 Å². The summed E-state index contributed by atoms with van der Waals surface area (Å²) >= 11 is 1.47. The lowest BCUT2D eigenvalue weighted by molar-refractivity contribution is -0.173. The molecule has 0 spiro atoms. The van der Waals surface area contributed by atoms with E-state index in [-0.39, 0.29) is 12.0 Å². The van der Waals surface area contributed by atoms with Crippen LogP contribution in [0.1, 0.15) is 30.0 Å². The quantitative estimate of drug-likeness (QED) is 0.821. The Bertz CT molecular complexity index is 410. The summed E-state index contributed by atoms with van der Waals surface area (Å²) in [5.74, 6) is 0. The normalized spacial score (nSPS) is 18.3. The molecule has 0 aromatic carbocycles. The van der Waals surface area contributed by atoms with Crippen LogP contribution in [0.15, 0.2) is 5.38 Å². The molecule has 0 atom stereocenters. The molecule has 1 fully saturated rings. The highest BCUT2D eigenvalue weighted by Gasteiger charge is 2.39. The lowest BCUT2D eigenvalue weighted by Crippen LogP contribution is -2.41.